The van der Waals surface area contributed by atoms with Crippen LogP contribution in [0.1, 0.15) is 31.9 Å². The molecule has 0 unspecified atom stereocenters. The summed E-state index contributed by atoms with van der Waals surface area (Å²) in [5.41, 5.74) is 7.03. The molecule has 86 valence electrons. The minimum atomic E-state index is 0. The van der Waals surface area contributed by atoms with E-state index >= 15 is 0 Å². The number of rotatable bonds is 3. The van der Waals surface area contributed by atoms with Gasteiger partial charge in [0.05, 0.1) is 0 Å². The molecule has 0 bridgehead atoms. The van der Waals surface area contributed by atoms with Crippen LogP contribution in [-0.2, 0) is 0 Å². The largest absolute Gasteiger partial charge is 0.324 e. The third kappa shape index (κ3) is 5.07. The van der Waals surface area contributed by atoms with Crippen LogP contribution in [0.3, 0.4) is 0 Å². The SMILES string of the molecule is CC(C)C[C@@H](N)c1cc(Cl)cc(Cl)c1.Cl. The molecule has 4 heteroatoms. The summed E-state index contributed by atoms with van der Waals surface area (Å²) in [6.07, 6.45) is 0.941. The standard InChI is InChI=1S/C11H15Cl2N.ClH/c1-7(2)3-11(14)8-4-9(12)6-10(13)5-8;/h4-7,11H,3,14H2,1-2H3;1H/t11-;/m1./s1. The van der Waals surface area contributed by atoms with Gasteiger partial charge >= 0.3 is 0 Å². The second-order valence-electron chi connectivity index (χ2n) is 3.94. The number of hydrogen-bond acceptors (Lipinski definition) is 1. The van der Waals surface area contributed by atoms with Crippen molar-refractivity contribution in [2.45, 2.75) is 26.3 Å². The van der Waals surface area contributed by atoms with Gasteiger partial charge in [0.1, 0.15) is 0 Å². The first-order valence-electron chi connectivity index (χ1n) is 4.70. The Kier molecular flexibility index (Phi) is 6.62. The van der Waals surface area contributed by atoms with Crippen molar-refractivity contribution in [3.05, 3.63) is 33.8 Å². The maximum atomic E-state index is 6.02. The molecule has 1 atom stereocenters. The number of halogens is 3. The first kappa shape index (κ1) is 15.0. The lowest BCUT2D eigenvalue weighted by molar-refractivity contribution is 0.510. The molecule has 0 spiro atoms. The molecule has 15 heavy (non-hydrogen) atoms. The van der Waals surface area contributed by atoms with Crippen LogP contribution in [0, 0.1) is 5.92 Å². The van der Waals surface area contributed by atoms with E-state index in [1.54, 1.807) is 6.07 Å². The molecule has 0 aromatic heterocycles. The van der Waals surface area contributed by atoms with E-state index in [9.17, 15) is 0 Å². The van der Waals surface area contributed by atoms with Gasteiger partial charge in [0.25, 0.3) is 0 Å². The molecule has 1 aromatic carbocycles. The van der Waals surface area contributed by atoms with Crippen LogP contribution < -0.4 is 5.73 Å². The van der Waals surface area contributed by atoms with E-state index in [0.717, 1.165) is 12.0 Å². The Hall–Kier alpha value is 0.0500. The number of nitrogens with two attached hydrogens (primary N) is 1. The van der Waals surface area contributed by atoms with Crippen LogP contribution >= 0.6 is 35.6 Å². The number of benzene rings is 1. The van der Waals surface area contributed by atoms with Crippen molar-refractivity contribution in [1.82, 2.24) is 0 Å². The van der Waals surface area contributed by atoms with E-state index in [1.165, 1.54) is 0 Å². The van der Waals surface area contributed by atoms with Gasteiger partial charge in [0.2, 0.25) is 0 Å². The van der Waals surface area contributed by atoms with Gasteiger partial charge in [-0.2, -0.15) is 0 Å². The van der Waals surface area contributed by atoms with E-state index in [-0.39, 0.29) is 18.4 Å². The van der Waals surface area contributed by atoms with Gasteiger partial charge < -0.3 is 5.73 Å². The fourth-order valence-electron chi connectivity index (χ4n) is 1.43. The lowest BCUT2D eigenvalue weighted by atomic mass is 9.98. The third-order valence-corrected chi connectivity index (χ3v) is 2.47. The quantitative estimate of drug-likeness (QED) is 0.860. The Morgan fingerprint density at radius 1 is 1.13 bits per heavy atom. The summed E-state index contributed by atoms with van der Waals surface area (Å²) < 4.78 is 0. The van der Waals surface area contributed by atoms with Crippen LogP contribution in [0.25, 0.3) is 0 Å². The zero-order valence-electron chi connectivity index (χ0n) is 8.84. The predicted octanol–water partition coefficient (Wildman–Crippen LogP) is 4.46. The molecule has 0 aliphatic rings. The van der Waals surface area contributed by atoms with Crippen LogP contribution in [0.5, 0.6) is 0 Å². The Balaban J connectivity index is 0.00000196. The van der Waals surface area contributed by atoms with Gasteiger partial charge in [-0.3, -0.25) is 0 Å². The molecule has 0 aliphatic heterocycles. The van der Waals surface area contributed by atoms with Gasteiger partial charge in [-0.1, -0.05) is 37.0 Å². The summed E-state index contributed by atoms with van der Waals surface area (Å²) in [6.45, 7) is 4.29. The highest BCUT2D eigenvalue weighted by Gasteiger charge is 2.09. The average molecular weight is 269 g/mol. The maximum Gasteiger partial charge on any atom is 0.0424 e. The third-order valence-electron chi connectivity index (χ3n) is 2.04. The van der Waals surface area contributed by atoms with E-state index in [2.05, 4.69) is 13.8 Å². The molecule has 0 aliphatic carbocycles. The highest BCUT2D eigenvalue weighted by molar-refractivity contribution is 6.34. The first-order chi connectivity index (χ1) is 6.49. The molecule has 0 heterocycles. The van der Waals surface area contributed by atoms with Gasteiger partial charge in [-0.15, -0.1) is 12.4 Å². The minimum absolute atomic E-state index is 0. The van der Waals surface area contributed by atoms with Gasteiger partial charge in [-0.25, -0.2) is 0 Å². The van der Waals surface area contributed by atoms with E-state index in [4.69, 9.17) is 28.9 Å². The van der Waals surface area contributed by atoms with Crippen LogP contribution in [-0.4, -0.2) is 0 Å². The number of hydrogen-bond donors (Lipinski definition) is 1. The second-order valence-corrected chi connectivity index (χ2v) is 4.81. The highest BCUT2D eigenvalue weighted by Crippen LogP contribution is 2.25. The Morgan fingerprint density at radius 2 is 1.60 bits per heavy atom. The topological polar surface area (TPSA) is 26.0 Å². The molecule has 0 radical (unpaired) electrons. The first-order valence-corrected chi connectivity index (χ1v) is 5.46. The zero-order chi connectivity index (χ0) is 10.7. The molecular formula is C11H16Cl3N. The van der Waals surface area contributed by atoms with Crippen molar-refractivity contribution in [2.24, 2.45) is 11.7 Å². The van der Waals surface area contributed by atoms with Gasteiger partial charge in [-0.05, 0) is 36.1 Å². The molecule has 1 nitrogen and oxygen atoms in total. The van der Waals surface area contributed by atoms with Crippen LogP contribution in [0.4, 0.5) is 0 Å². The molecular weight excluding hydrogens is 252 g/mol. The van der Waals surface area contributed by atoms with Crippen LogP contribution in [0.15, 0.2) is 18.2 Å². The smallest absolute Gasteiger partial charge is 0.0424 e. The van der Waals surface area contributed by atoms with Crippen molar-refractivity contribution in [3.8, 4) is 0 Å². The predicted molar refractivity (Wildman–Crippen MR) is 70.1 cm³/mol. The monoisotopic (exact) mass is 267 g/mol. The fourth-order valence-corrected chi connectivity index (χ4v) is 1.98. The fraction of sp³-hybridized carbons (Fsp3) is 0.455. The van der Waals surface area contributed by atoms with Crippen molar-refractivity contribution < 1.29 is 0 Å². The Labute approximate surface area is 107 Å². The van der Waals surface area contributed by atoms with E-state index in [1.807, 2.05) is 12.1 Å². The molecule has 0 saturated heterocycles. The zero-order valence-corrected chi connectivity index (χ0v) is 11.2. The van der Waals surface area contributed by atoms with Gasteiger partial charge in [0.15, 0.2) is 0 Å². The lowest BCUT2D eigenvalue weighted by Crippen LogP contribution is -2.12. The highest BCUT2D eigenvalue weighted by atomic mass is 35.5. The van der Waals surface area contributed by atoms with Gasteiger partial charge in [0, 0.05) is 16.1 Å². The van der Waals surface area contributed by atoms with Crippen molar-refractivity contribution >= 4 is 35.6 Å². The minimum Gasteiger partial charge on any atom is -0.324 e. The molecule has 1 rings (SSSR count). The summed E-state index contributed by atoms with van der Waals surface area (Å²) in [5.74, 6) is 0.572. The molecule has 0 fully saturated rings. The Bertz CT molecular complexity index is 292. The molecule has 1 aromatic rings. The summed E-state index contributed by atoms with van der Waals surface area (Å²) in [7, 11) is 0. The lowest BCUT2D eigenvalue weighted by Gasteiger charge is -2.14. The summed E-state index contributed by atoms with van der Waals surface area (Å²) >= 11 is 11.8. The van der Waals surface area contributed by atoms with Crippen LogP contribution in [0.2, 0.25) is 10.0 Å². The normalized spacial score (nSPS) is 12.4. The van der Waals surface area contributed by atoms with E-state index < -0.39 is 0 Å². The second kappa shape index (κ2) is 6.59. The Morgan fingerprint density at radius 3 is 2.00 bits per heavy atom. The average Bonchev–Trinajstić information content (AvgIpc) is 2.00. The van der Waals surface area contributed by atoms with Crippen molar-refractivity contribution in [1.29, 1.82) is 0 Å². The molecule has 0 amide bonds. The molecule has 2 N–H and O–H groups in total. The van der Waals surface area contributed by atoms with Crippen molar-refractivity contribution in [2.75, 3.05) is 0 Å². The summed E-state index contributed by atoms with van der Waals surface area (Å²) in [4.78, 5) is 0. The van der Waals surface area contributed by atoms with E-state index in [0.29, 0.717) is 16.0 Å². The summed E-state index contributed by atoms with van der Waals surface area (Å²) in [5, 5.41) is 1.29. The maximum absolute atomic E-state index is 6.02. The van der Waals surface area contributed by atoms with Crippen molar-refractivity contribution in [3.63, 3.8) is 0 Å². The summed E-state index contributed by atoms with van der Waals surface area (Å²) in [6, 6.07) is 5.49. The molecule has 0 saturated carbocycles.